The van der Waals surface area contributed by atoms with Crippen LogP contribution in [-0.2, 0) is 16.1 Å². The topological polar surface area (TPSA) is 60.4 Å². The Bertz CT molecular complexity index is 988. The fraction of sp³-hybridized carbons (Fsp3) is 0. The van der Waals surface area contributed by atoms with Crippen molar-refractivity contribution in [1.29, 1.82) is 0 Å². The number of halogens is 1. The number of rotatable bonds is 6. The van der Waals surface area contributed by atoms with E-state index < -0.39 is 16.5 Å². The lowest BCUT2D eigenvalue weighted by Gasteiger charge is -2.27. The predicted molar refractivity (Wildman–Crippen MR) is 109 cm³/mol. The number of hydrogen-bond donors (Lipinski definition) is 0. The molecule has 0 N–H and O–H groups in total. The van der Waals surface area contributed by atoms with Gasteiger partial charge in [-0.25, -0.2) is 0 Å². The lowest BCUT2D eigenvalue weighted by molar-refractivity contribution is -0.107. The molecular formula is C21H15ClNO3S-. The molecule has 0 radical (unpaired) electrons. The zero-order valence-electron chi connectivity index (χ0n) is 14.1. The highest BCUT2D eigenvalue weighted by atomic mass is 35.5. The first-order valence-electron chi connectivity index (χ1n) is 8.07. The van der Waals surface area contributed by atoms with Gasteiger partial charge in [-0.2, -0.15) is 0 Å². The van der Waals surface area contributed by atoms with Crippen LogP contribution in [0.2, 0.25) is 0 Å². The summed E-state index contributed by atoms with van der Waals surface area (Å²) in [6, 6.07) is 23.9. The van der Waals surface area contributed by atoms with Gasteiger partial charge in [-0.15, -0.1) is 0 Å². The van der Waals surface area contributed by atoms with E-state index in [0.29, 0.717) is 16.9 Å². The quantitative estimate of drug-likeness (QED) is 0.332. The van der Waals surface area contributed by atoms with Gasteiger partial charge in [-0.05, 0) is 58.6 Å². The molecule has 1 atom stereocenters. The van der Waals surface area contributed by atoms with Gasteiger partial charge in [0.25, 0.3) is 0 Å². The molecule has 0 saturated heterocycles. The lowest BCUT2D eigenvalue weighted by Crippen LogP contribution is -2.19. The Morgan fingerprint density at radius 2 is 1.56 bits per heavy atom. The minimum atomic E-state index is -2.51. The molecule has 0 amide bonds. The van der Waals surface area contributed by atoms with Crippen molar-refractivity contribution in [3.05, 3.63) is 90.5 Å². The molecule has 27 heavy (non-hydrogen) atoms. The molecule has 3 rings (SSSR count). The molecule has 6 heteroatoms. The average Bonchev–Trinajstić information content (AvgIpc) is 2.68. The van der Waals surface area contributed by atoms with Gasteiger partial charge in [0.2, 0.25) is 5.24 Å². The third-order valence-electron chi connectivity index (χ3n) is 3.87. The Hall–Kier alpha value is -2.73. The molecule has 0 fully saturated rings. The van der Waals surface area contributed by atoms with Crippen molar-refractivity contribution in [2.45, 2.75) is 0 Å². The summed E-state index contributed by atoms with van der Waals surface area (Å²) in [4.78, 5) is 10.9. The molecule has 0 aliphatic rings. The van der Waals surface area contributed by atoms with Crippen molar-refractivity contribution in [3.8, 4) is 11.1 Å². The molecule has 3 aromatic rings. The minimum Gasteiger partial charge on any atom is -0.755 e. The zero-order valence-corrected chi connectivity index (χ0v) is 15.7. The number of carbonyl (C=O) groups is 1. The molecule has 1 unspecified atom stereocenters. The number of nitrogens with zero attached hydrogens (tertiary/aromatic N) is 1. The number of anilines is 2. The van der Waals surface area contributed by atoms with Gasteiger partial charge < -0.3 is 4.55 Å². The highest BCUT2D eigenvalue weighted by Gasteiger charge is 2.11. The Morgan fingerprint density at radius 3 is 2.19 bits per heavy atom. The first-order chi connectivity index (χ1) is 13.0. The van der Waals surface area contributed by atoms with Crippen LogP contribution in [0, 0.1) is 0 Å². The monoisotopic (exact) mass is 396 g/mol. The second-order valence-electron chi connectivity index (χ2n) is 5.66. The second kappa shape index (κ2) is 8.77. The molecule has 0 spiro atoms. The van der Waals surface area contributed by atoms with E-state index in [1.54, 1.807) is 36.4 Å². The third kappa shape index (κ3) is 4.92. The first kappa shape index (κ1) is 19.0. The van der Waals surface area contributed by atoms with E-state index in [-0.39, 0.29) is 0 Å². The largest absolute Gasteiger partial charge is 0.755 e. The summed E-state index contributed by atoms with van der Waals surface area (Å²) in [6.07, 6.45) is 2.75. The standard InChI is InChI=1S/C21H16ClNO3S/c22-21(24)14-9-16-5-4-8-20(15-16)23(27(25)26)19-12-10-18(11-13-19)17-6-2-1-3-7-17/h1-15H,(H,25,26)/p-1. The molecule has 136 valence electrons. The normalized spacial score (nSPS) is 12.1. The van der Waals surface area contributed by atoms with Crippen LogP contribution >= 0.6 is 11.6 Å². The van der Waals surface area contributed by atoms with E-state index >= 15 is 0 Å². The van der Waals surface area contributed by atoms with Gasteiger partial charge >= 0.3 is 0 Å². The Balaban J connectivity index is 1.93. The molecule has 4 nitrogen and oxygen atoms in total. The van der Waals surface area contributed by atoms with Gasteiger partial charge in [-0.1, -0.05) is 60.7 Å². The molecule has 0 aliphatic carbocycles. The molecule has 0 heterocycles. The minimum absolute atomic E-state index is 0.458. The highest BCUT2D eigenvalue weighted by Crippen LogP contribution is 2.30. The summed E-state index contributed by atoms with van der Waals surface area (Å²) in [7, 11) is 0. The van der Waals surface area contributed by atoms with Gasteiger partial charge in [0.1, 0.15) is 0 Å². The van der Waals surface area contributed by atoms with E-state index in [0.717, 1.165) is 11.1 Å². The molecule has 3 aromatic carbocycles. The van der Waals surface area contributed by atoms with Crippen molar-refractivity contribution in [1.82, 2.24) is 0 Å². The van der Waals surface area contributed by atoms with Crippen molar-refractivity contribution in [2.24, 2.45) is 0 Å². The molecule has 0 saturated carbocycles. The predicted octanol–water partition coefficient (Wildman–Crippen LogP) is 5.06. The maximum Gasteiger partial charge on any atom is 0.245 e. The van der Waals surface area contributed by atoms with Gasteiger partial charge in [-0.3, -0.25) is 13.3 Å². The van der Waals surface area contributed by atoms with Crippen molar-refractivity contribution >= 4 is 45.6 Å². The van der Waals surface area contributed by atoms with Crippen molar-refractivity contribution in [2.75, 3.05) is 4.31 Å². The average molecular weight is 397 g/mol. The Kier molecular flexibility index (Phi) is 6.19. The van der Waals surface area contributed by atoms with E-state index in [2.05, 4.69) is 0 Å². The smallest absolute Gasteiger partial charge is 0.245 e. The van der Waals surface area contributed by atoms with Crippen molar-refractivity contribution in [3.63, 3.8) is 0 Å². The summed E-state index contributed by atoms with van der Waals surface area (Å²) in [5, 5.41) is -0.596. The molecule has 0 aliphatic heterocycles. The van der Waals surface area contributed by atoms with Gasteiger partial charge in [0.05, 0.1) is 22.6 Å². The number of benzene rings is 3. The highest BCUT2D eigenvalue weighted by molar-refractivity contribution is 7.81. The van der Waals surface area contributed by atoms with Crippen LogP contribution in [0.15, 0.2) is 84.9 Å². The van der Waals surface area contributed by atoms with Gasteiger partial charge in [0, 0.05) is 0 Å². The summed E-state index contributed by atoms with van der Waals surface area (Å²) in [6.45, 7) is 0. The lowest BCUT2D eigenvalue weighted by atomic mass is 10.1. The number of hydrogen-bond acceptors (Lipinski definition) is 3. The van der Waals surface area contributed by atoms with Crippen LogP contribution in [0.5, 0.6) is 0 Å². The fourth-order valence-corrected chi connectivity index (χ4v) is 3.30. The maximum atomic E-state index is 11.9. The summed E-state index contributed by atoms with van der Waals surface area (Å²) in [5.74, 6) is 0. The van der Waals surface area contributed by atoms with Crippen LogP contribution in [0.25, 0.3) is 17.2 Å². The van der Waals surface area contributed by atoms with Crippen LogP contribution in [0.1, 0.15) is 5.56 Å². The third-order valence-corrected chi connectivity index (χ3v) is 4.72. The van der Waals surface area contributed by atoms with Gasteiger partial charge in [0.15, 0.2) is 0 Å². The first-order valence-corrected chi connectivity index (χ1v) is 9.48. The zero-order chi connectivity index (χ0) is 19.2. The number of allylic oxidation sites excluding steroid dienone is 1. The maximum absolute atomic E-state index is 11.9. The molecule has 0 aromatic heterocycles. The molecule has 0 bridgehead atoms. The van der Waals surface area contributed by atoms with Crippen LogP contribution < -0.4 is 4.31 Å². The summed E-state index contributed by atoms with van der Waals surface area (Å²) >= 11 is 2.80. The Morgan fingerprint density at radius 1 is 0.889 bits per heavy atom. The van der Waals surface area contributed by atoms with E-state index in [1.807, 2.05) is 42.5 Å². The van der Waals surface area contributed by atoms with Crippen LogP contribution in [0.4, 0.5) is 11.4 Å². The van der Waals surface area contributed by atoms with Crippen molar-refractivity contribution < 1.29 is 13.6 Å². The van der Waals surface area contributed by atoms with Crippen LogP contribution in [0.3, 0.4) is 0 Å². The van der Waals surface area contributed by atoms with E-state index in [9.17, 15) is 13.6 Å². The number of carbonyl (C=O) groups excluding carboxylic acids is 1. The fourth-order valence-electron chi connectivity index (χ4n) is 2.66. The SMILES string of the molecule is O=C(Cl)C=Cc1cccc(N(c2ccc(-c3ccccc3)cc2)S(=O)[O-])c1. The second-order valence-corrected chi connectivity index (χ2v) is 6.83. The van der Waals surface area contributed by atoms with Crippen LogP contribution in [-0.4, -0.2) is 14.0 Å². The van der Waals surface area contributed by atoms with E-state index in [4.69, 9.17) is 11.6 Å². The summed E-state index contributed by atoms with van der Waals surface area (Å²) in [5.41, 5.74) is 3.68. The molecular weight excluding hydrogens is 382 g/mol. The Labute approximate surface area is 165 Å². The van der Waals surface area contributed by atoms with E-state index in [1.165, 1.54) is 16.5 Å². The summed E-state index contributed by atoms with van der Waals surface area (Å²) < 4.78 is 24.9.